The van der Waals surface area contributed by atoms with E-state index in [1.807, 2.05) is 36.4 Å². The van der Waals surface area contributed by atoms with Crippen molar-refractivity contribution in [2.24, 2.45) is 0 Å². The number of halogens is 2. The zero-order valence-electron chi connectivity index (χ0n) is 39.5. The third kappa shape index (κ3) is 25.6. The molecule has 0 amide bonds. The topological polar surface area (TPSA) is 17.1 Å². The maximum absolute atomic E-state index is 11.5. The van der Waals surface area contributed by atoms with Crippen LogP contribution in [-0.4, -0.2) is 24.0 Å². The summed E-state index contributed by atoms with van der Waals surface area (Å²) in [5.41, 5.74) is 7.81. The fourth-order valence-corrected chi connectivity index (χ4v) is 11.2. The molecule has 333 valence electrons. The zero-order chi connectivity index (χ0) is 42.8. The molecule has 1 saturated carbocycles. The Bertz CT molecular complexity index is 1980. The predicted molar refractivity (Wildman–Crippen MR) is 265 cm³/mol. The molecule has 1 radical (unpaired) electrons. The number of Topliss-reactive ketones (excluding diaryl/α,β-unsaturated/α-hetero) is 1. The van der Waals surface area contributed by atoms with E-state index in [0.717, 1.165) is 12.0 Å². The fourth-order valence-electron chi connectivity index (χ4n) is 5.90. The molecule has 0 atom stereocenters. The van der Waals surface area contributed by atoms with Gasteiger partial charge in [0.1, 0.15) is 0 Å². The van der Waals surface area contributed by atoms with E-state index in [0.29, 0.717) is 17.6 Å². The fraction of sp³-hybridized carbons (Fsp3) is 0.316. The first-order valence-electron chi connectivity index (χ1n) is 21.2. The second kappa shape index (κ2) is 34.7. The third-order valence-electron chi connectivity index (χ3n) is 9.52. The summed E-state index contributed by atoms with van der Waals surface area (Å²) < 4.78 is 5.99. The Morgan fingerprint density at radius 3 is 1.35 bits per heavy atom. The Labute approximate surface area is 414 Å². The maximum atomic E-state index is 11.5. The SMILES string of the molecule is C1CCCC1.CC(C)c1ccccc1.CCc1ccc([I+]c2cccc(C)c2)cc1.C[S+](C)CC(=O)c1ccccc1.Cc1ccc([I+]c2ccc(C(C)C)cc2)cc1.[CH3-].[CH3-].[Fe+3]. The number of carbonyl (C=O) groups is 1. The summed E-state index contributed by atoms with van der Waals surface area (Å²) in [6.45, 7) is 15.4. The monoisotopic (exact) mass is 1120 g/mol. The molecule has 5 heteroatoms. The number of hydrogen-bond acceptors (Lipinski definition) is 1. The first kappa shape index (κ1) is 59.3. The molecule has 6 aromatic rings. The largest absolute Gasteiger partial charge is 3.00 e. The second-order valence-electron chi connectivity index (χ2n) is 15.7. The van der Waals surface area contributed by atoms with Crippen molar-refractivity contribution >= 4 is 16.7 Å². The van der Waals surface area contributed by atoms with Gasteiger partial charge in [-0.2, -0.15) is 0 Å². The van der Waals surface area contributed by atoms with E-state index in [2.05, 4.69) is 182 Å². The quantitative estimate of drug-likeness (QED) is 0.0440. The van der Waals surface area contributed by atoms with Gasteiger partial charge in [0.15, 0.2) is 20.0 Å². The van der Waals surface area contributed by atoms with Crippen LogP contribution in [0.2, 0.25) is 0 Å². The maximum Gasteiger partial charge on any atom is 3.00 e. The molecule has 7 rings (SSSR count). The molecule has 0 spiro atoms. The van der Waals surface area contributed by atoms with Crippen LogP contribution in [-0.2, 0) is 34.4 Å². The molecule has 0 N–H and O–H groups in total. The number of hydrogen-bond donors (Lipinski definition) is 0. The summed E-state index contributed by atoms with van der Waals surface area (Å²) >= 11 is -0.0229. The second-order valence-corrected chi connectivity index (χ2v) is 24.0. The Kier molecular flexibility index (Phi) is 33.2. The summed E-state index contributed by atoms with van der Waals surface area (Å²) in [5, 5.41) is 0. The molecule has 1 aliphatic carbocycles. The number of benzene rings is 6. The molecule has 0 bridgehead atoms. The van der Waals surface area contributed by atoms with E-state index in [9.17, 15) is 4.79 Å². The van der Waals surface area contributed by atoms with Crippen molar-refractivity contribution in [3.63, 3.8) is 0 Å². The van der Waals surface area contributed by atoms with Crippen LogP contribution in [0.5, 0.6) is 0 Å². The minimum atomic E-state index is -0.0167. The Hall–Kier alpha value is -2.68. The van der Waals surface area contributed by atoms with Crippen LogP contribution in [0.25, 0.3) is 0 Å². The average Bonchev–Trinajstić information content (AvgIpc) is 3.84. The van der Waals surface area contributed by atoms with Gasteiger partial charge in [-0.05, 0) is 114 Å². The van der Waals surface area contributed by atoms with E-state index < -0.39 is 0 Å². The van der Waals surface area contributed by atoms with Crippen LogP contribution in [0.15, 0.2) is 158 Å². The van der Waals surface area contributed by atoms with E-state index in [-0.39, 0.29) is 91.0 Å². The zero-order valence-corrected chi connectivity index (χ0v) is 45.8. The predicted octanol–water partition coefficient (Wildman–Crippen LogP) is 9.34. The van der Waals surface area contributed by atoms with E-state index in [1.165, 1.54) is 74.2 Å². The minimum Gasteiger partial charge on any atom is -0.358 e. The number of carbonyl (C=O) groups excluding carboxylic acids is 1. The van der Waals surface area contributed by atoms with Crippen molar-refractivity contribution in [2.45, 2.75) is 98.8 Å². The van der Waals surface area contributed by atoms with Gasteiger partial charge in [-0.1, -0.05) is 181 Å². The van der Waals surface area contributed by atoms with Crippen LogP contribution in [0.1, 0.15) is 117 Å². The summed E-state index contributed by atoms with van der Waals surface area (Å²) in [6.07, 6.45) is 12.8. The van der Waals surface area contributed by atoms with Crippen LogP contribution < -0.4 is 42.4 Å². The molecule has 1 fully saturated rings. The molecule has 0 aliphatic heterocycles. The first-order chi connectivity index (χ1) is 28.4. The smallest absolute Gasteiger partial charge is 0.358 e. The van der Waals surface area contributed by atoms with Crippen molar-refractivity contribution in [3.05, 3.63) is 220 Å². The van der Waals surface area contributed by atoms with Gasteiger partial charge in [-0.3, -0.25) is 4.79 Å². The van der Waals surface area contributed by atoms with Gasteiger partial charge in [0, 0.05) is 5.56 Å². The molecule has 1 nitrogen and oxygen atoms in total. The normalized spacial score (nSPS) is 11.0. The Morgan fingerprint density at radius 2 is 0.935 bits per heavy atom. The molecule has 0 heterocycles. The molecule has 6 aromatic carbocycles. The van der Waals surface area contributed by atoms with Crippen molar-refractivity contribution in [2.75, 3.05) is 18.3 Å². The summed E-state index contributed by atoms with van der Waals surface area (Å²) in [4.78, 5) is 11.5. The summed E-state index contributed by atoms with van der Waals surface area (Å²) in [5.74, 6) is 2.21. The van der Waals surface area contributed by atoms with Gasteiger partial charge in [0.25, 0.3) is 0 Å². The molecule has 0 unspecified atom stereocenters. The van der Waals surface area contributed by atoms with Crippen LogP contribution in [0.4, 0.5) is 0 Å². The third-order valence-corrected chi connectivity index (χ3v) is 15.7. The van der Waals surface area contributed by atoms with Gasteiger partial charge >= 0.3 is 59.5 Å². The number of aryl methyl sites for hydroxylation is 3. The van der Waals surface area contributed by atoms with Gasteiger partial charge in [-0.25, -0.2) is 0 Å². The Morgan fingerprint density at radius 1 is 0.516 bits per heavy atom. The van der Waals surface area contributed by atoms with E-state index >= 15 is 0 Å². The van der Waals surface area contributed by atoms with Gasteiger partial charge < -0.3 is 14.9 Å². The van der Waals surface area contributed by atoms with Gasteiger partial charge in [0.2, 0.25) is 5.78 Å². The first-order valence-corrected chi connectivity index (χ1v) is 27.7. The summed E-state index contributed by atoms with van der Waals surface area (Å²) in [6, 6.07) is 56.0. The van der Waals surface area contributed by atoms with Crippen molar-refractivity contribution in [1.29, 1.82) is 0 Å². The Balaban J connectivity index is 0.000000773. The summed E-state index contributed by atoms with van der Waals surface area (Å²) in [7, 11) is 0.204. The van der Waals surface area contributed by atoms with E-state index in [4.69, 9.17) is 0 Å². The van der Waals surface area contributed by atoms with Crippen molar-refractivity contribution < 1.29 is 64.3 Å². The molecule has 0 aromatic heterocycles. The minimum absolute atomic E-state index is 0. The number of ketones is 1. The van der Waals surface area contributed by atoms with Crippen molar-refractivity contribution in [1.82, 2.24) is 0 Å². The molecule has 0 saturated heterocycles. The molecule has 1 aliphatic rings. The molecular formula is C57H75FeI2OS+4. The average molecular weight is 1120 g/mol. The standard InChI is InChI=1S/C16H18I.C15H16I.C10H13OS.C9H12.C5H10.2CH3.Fe/c1-12(2)14-6-10-16(11-7-14)17-15-8-4-13(3)5-9-15;1-3-13-7-9-14(10-8-13)16-15-6-4-5-12(2)11-15;1-12(2)8-10(11)9-6-4-3-5-7-9;1-8(2)9-6-4-3-5-7-9;1-2-4-5-3-1;;;/h4-12H,1-3H3;4-11H,3H2,1-2H3;3-7H,8H2,1-2H3;3-8H,1-2H3;1-5H2;2*1H3;/q3*+1;;;2*-1;+3. The van der Waals surface area contributed by atoms with Crippen molar-refractivity contribution in [3.8, 4) is 0 Å². The van der Waals surface area contributed by atoms with Gasteiger partial charge in [0.05, 0.1) is 12.5 Å². The number of rotatable bonds is 10. The molecule has 62 heavy (non-hydrogen) atoms. The van der Waals surface area contributed by atoms with Crippen LogP contribution in [0, 0.1) is 43.0 Å². The van der Waals surface area contributed by atoms with E-state index in [1.54, 1.807) is 0 Å². The van der Waals surface area contributed by atoms with Crippen LogP contribution in [0.3, 0.4) is 0 Å². The van der Waals surface area contributed by atoms with Crippen LogP contribution >= 0.6 is 0 Å². The van der Waals surface area contributed by atoms with Gasteiger partial charge in [-0.15, -0.1) is 0 Å². The molecular weight excluding hydrogens is 1040 g/mol.